The summed E-state index contributed by atoms with van der Waals surface area (Å²) in [7, 11) is 0. The fourth-order valence-corrected chi connectivity index (χ4v) is 2.54. The average molecular weight is 215 g/mol. The number of benzene rings is 1. The first kappa shape index (κ1) is 11.3. The van der Waals surface area contributed by atoms with Gasteiger partial charge in [-0.1, -0.05) is 44.5 Å². The Morgan fingerprint density at radius 2 is 1.75 bits per heavy atom. The van der Waals surface area contributed by atoms with Crippen LogP contribution in [0.2, 0.25) is 0 Å². The summed E-state index contributed by atoms with van der Waals surface area (Å²) >= 11 is 0. The van der Waals surface area contributed by atoms with Crippen molar-refractivity contribution in [2.45, 2.75) is 46.6 Å². The summed E-state index contributed by atoms with van der Waals surface area (Å²) in [6.07, 6.45) is 3.66. The van der Waals surface area contributed by atoms with Crippen molar-refractivity contribution in [1.29, 1.82) is 0 Å². The summed E-state index contributed by atoms with van der Waals surface area (Å²) in [5, 5.41) is 2.87. The van der Waals surface area contributed by atoms with E-state index in [9.17, 15) is 0 Å². The highest BCUT2D eigenvalue weighted by molar-refractivity contribution is 5.88. The van der Waals surface area contributed by atoms with Gasteiger partial charge in [0.05, 0.1) is 0 Å². The van der Waals surface area contributed by atoms with Gasteiger partial charge in [0.25, 0.3) is 0 Å². The first-order valence-electron chi connectivity index (χ1n) is 6.36. The Morgan fingerprint density at radius 1 is 1.06 bits per heavy atom. The number of fused-ring (bicyclic) bond motifs is 1. The van der Waals surface area contributed by atoms with Crippen LogP contribution in [0.1, 0.15) is 38.1 Å². The summed E-state index contributed by atoms with van der Waals surface area (Å²) < 4.78 is 2.51. The molecule has 0 saturated carbocycles. The summed E-state index contributed by atoms with van der Waals surface area (Å²) in [5.74, 6) is 0. The van der Waals surface area contributed by atoms with Crippen LogP contribution in [0.25, 0.3) is 10.8 Å². The Morgan fingerprint density at radius 3 is 2.38 bits per heavy atom. The van der Waals surface area contributed by atoms with E-state index in [1.54, 1.807) is 0 Å². The van der Waals surface area contributed by atoms with Crippen molar-refractivity contribution in [2.24, 2.45) is 0 Å². The molecule has 16 heavy (non-hydrogen) atoms. The van der Waals surface area contributed by atoms with Crippen LogP contribution in [-0.2, 0) is 13.0 Å². The number of hydrogen-bond acceptors (Lipinski definition) is 0. The van der Waals surface area contributed by atoms with Gasteiger partial charge in [-0.15, -0.1) is 0 Å². The molecule has 0 fully saturated rings. The molecule has 0 spiro atoms. The summed E-state index contributed by atoms with van der Waals surface area (Å²) in [6, 6.07) is 8.78. The lowest BCUT2D eigenvalue weighted by Gasteiger charge is -2.09. The van der Waals surface area contributed by atoms with Crippen molar-refractivity contribution in [2.75, 3.05) is 0 Å². The van der Waals surface area contributed by atoms with Gasteiger partial charge in [-0.2, -0.15) is 0 Å². The van der Waals surface area contributed by atoms with E-state index in [4.69, 9.17) is 0 Å². The van der Waals surface area contributed by atoms with Crippen LogP contribution in [0, 0.1) is 6.92 Å². The summed E-state index contributed by atoms with van der Waals surface area (Å²) in [6.45, 7) is 7.92. The van der Waals surface area contributed by atoms with E-state index >= 15 is 0 Å². The summed E-state index contributed by atoms with van der Waals surface area (Å²) in [5.41, 5.74) is 2.93. The third-order valence-electron chi connectivity index (χ3n) is 3.43. The van der Waals surface area contributed by atoms with Crippen LogP contribution in [0.5, 0.6) is 0 Å². The standard InChI is InChI=1S/C15H21N/c1-4-6-11-16-12(3)13-9-7-8-10-14(13)15(16)5-2/h7-10H,4-6,11H2,1-3H3. The van der Waals surface area contributed by atoms with Crippen molar-refractivity contribution in [3.63, 3.8) is 0 Å². The lowest BCUT2D eigenvalue weighted by molar-refractivity contribution is 0.603. The van der Waals surface area contributed by atoms with Gasteiger partial charge in [-0.3, -0.25) is 0 Å². The van der Waals surface area contributed by atoms with E-state index in [1.165, 1.54) is 41.5 Å². The molecule has 0 N–H and O–H groups in total. The number of aromatic nitrogens is 1. The third kappa shape index (κ3) is 1.75. The number of unbranched alkanes of at least 4 members (excludes halogenated alkanes) is 1. The van der Waals surface area contributed by atoms with E-state index in [2.05, 4.69) is 49.6 Å². The van der Waals surface area contributed by atoms with Crippen molar-refractivity contribution in [3.05, 3.63) is 35.7 Å². The molecule has 1 aromatic carbocycles. The Kier molecular flexibility index (Phi) is 3.33. The van der Waals surface area contributed by atoms with Crippen LogP contribution in [0.15, 0.2) is 24.3 Å². The predicted molar refractivity (Wildman–Crippen MR) is 71.0 cm³/mol. The molecule has 0 aliphatic rings. The molecule has 1 heteroatoms. The molecular weight excluding hydrogens is 194 g/mol. The van der Waals surface area contributed by atoms with Crippen LogP contribution in [0.3, 0.4) is 0 Å². The SMILES string of the molecule is CCCCn1c(C)c2ccccc2c1CC. The Hall–Kier alpha value is -1.24. The zero-order valence-electron chi connectivity index (χ0n) is 10.6. The number of hydrogen-bond donors (Lipinski definition) is 0. The minimum atomic E-state index is 1.12. The van der Waals surface area contributed by atoms with Crippen molar-refractivity contribution < 1.29 is 0 Å². The molecular formula is C15H21N. The second-order valence-corrected chi connectivity index (χ2v) is 4.44. The third-order valence-corrected chi connectivity index (χ3v) is 3.43. The Balaban J connectivity index is 2.57. The van der Waals surface area contributed by atoms with Gasteiger partial charge in [0.15, 0.2) is 0 Å². The van der Waals surface area contributed by atoms with E-state index in [1.807, 2.05) is 0 Å². The van der Waals surface area contributed by atoms with Gasteiger partial charge in [0.2, 0.25) is 0 Å². The van der Waals surface area contributed by atoms with Crippen molar-refractivity contribution in [1.82, 2.24) is 4.57 Å². The molecule has 0 radical (unpaired) electrons. The zero-order valence-corrected chi connectivity index (χ0v) is 10.6. The molecule has 0 aliphatic heterocycles. The van der Waals surface area contributed by atoms with Gasteiger partial charge in [0, 0.05) is 28.7 Å². The second kappa shape index (κ2) is 4.73. The molecule has 1 heterocycles. The van der Waals surface area contributed by atoms with Gasteiger partial charge in [-0.25, -0.2) is 0 Å². The molecule has 0 saturated heterocycles. The van der Waals surface area contributed by atoms with Crippen LogP contribution >= 0.6 is 0 Å². The first-order chi connectivity index (χ1) is 7.79. The maximum absolute atomic E-state index is 2.51. The molecule has 0 bridgehead atoms. The lowest BCUT2D eigenvalue weighted by Crippen LogP contribution is -2.04. The molecule has 2 aromatic rings. The Labute approximate surface area is 98.1 Å². The van der Waals surface area contributed by atoms with Crippen LogP contribution in [0.4, 0.5) is 0 Å². The molecule has 0 unspecified atom stereocenters. The molecule has 1 aromatic heterocycles. The number of aryl methyl sites for hydroxylation is 2. The Bertz CT molecular complexity index is 479. The topological polar surface area (TPSA) is 4.93 Å². The predicted octanol–water partition coefficient (Wildman–Crippen LogP) is 4.31. The minimum Gasteiger partial charge on any atom is -0.348 e. The van der Waals surface area contributed by atoms with Gasteiger partial charge < -0.3 is 4.57 Å². The molecule has 0 atom stereocenters. The highest BCUT2D eigenvalue weighted by Crippen LogP contribution is 2.26. The zero-order chi connectivity index (χ0) is 11.5. The lowest BCUT2D eigenvalue weighted by atomic mass is 10.1. The normalized spacial score (nSPS) is 11.2. The minimum absolute atomic E-state index is 1.12. The highest BCUT2D eigenvalue weighted by atomic mass is 15.0. The summed E-state index contributed by atoms with van der Waals surface area (Å²) in [4.78, 5) is 0. The first-order valence-corrected chi connectivity index (χ1v) is 6.36. The van der Waals surface area contributed by atoms with Gasteiger partial charge in [0.1, 0.15) is 0 Å². The highest BCUT2D eigenvalue weighted by Gasteiger charge is 2.11. The van der Waals surface area contributed by atoms with E-state index < -0.39 is 0 Å². The maximum atomic E-state index is 2.51. The quantitative estimate of drug-likeness (QED) is 0.716. The van der Waals surface area contributed by atoms with Crippen molar-refractivity contribution >= 4 is 10.8 Å². The maximum Gasteiger partial charge on any atom is 0.0253 e. The smallest absolute Gasteiger partial charge is 0.0253 e. The molecule has 1 nitrogen and oxygen atoms in total. The fraction of sp³-hybridized carbons (Fsp3) is 0.467. The fourth-order valence-electron chi connectivity index (χ4n) is 2.54. The van der Waals surface area contributed by atoms with Gasteiger partial charge >= 0.3 is 0 Å². The molecule has 0 amide bonds. The molecule has 2 rings (SSSR count). The largest absolute Gasteiger partial charge is 0.348 e. The monoisotopic (exact) mass is 215 g/mol. The molecule has 86 valence electrons. The average Bonchev–Trinajstić information content (AvgIpc) is 2.60. The van der Waals surface area contributed by atoms with E-state index in [-0.39, 0.29) is 0 Å². The van der Waals surface area contributed by atoms with Crippen molar-refractivity contribution in [3.8, 4) is 0 Å². The van der Waals surface area contributed by atoms with E-state index in [0.29, 0.717) is 0 Å². The second-order valence-electron chi connectivity index (χ2n) is 4.44. The number of nitrogens with zero attached hydrogens (tertiary/aromatic N) is 1. The number of rotatable bonds is 4. The van der Waals surface area contributed by atoms with E-state index in [0.717, 1.165) is 6.42 Å². The van der Waals surface area contributed by atoms with Crippen LogP contribution in [-0.4, -0.2) is 4.57 Å². The van der Waals surface area contributed by atoms with Crippen LogP contribution < -0.4 is 0 Å². The van der Waals surface area contributed by atoms with Gasteiger partial charge in [-0.05, 0) is 19.8 Å². The molecule has 0 aliphatic carbocycles.